The van der Waals surface area contributed by atoms with Crippen LogP contribution >= 0.6 is 0 Å². The van der Waals surface area contributed by atoms with Crippen LogP contribution in [0.3, 0.4) is 0 Å². The Morgan fingerprint density at radius 1 is 0.960 bits per heavy atom. The minimum atomic E-state index is -0.175. The summed E-state index contributed by atoms with van der Waals surface area (Å²) in [7, 11) is 0. The summed E-state index contributed by atoms with van der Waals surface area (Å²) in [4.78, 5) is 12.2. The van der Waals surface area contributed by atoms with Gasteiger partial charge in [0.15, 0.2) is 0 Å². The third-order valence-electron chi connectivity index (χ3n) is 4.84. The van der Waals surface area contributed by atoms with E-state index in [9.17, 15) is 4.79 Å². The number of aromatic nitrogens is 2. The number of aromatic amines is 1. The standard InChI is InChI=1S/C20H15N3O2/c24-20-14-7-4-8-15-17(14)19(22-23-20)16(13-9-10-25-11-13)18(21-15)12-5-2-1-3-6-12/h1-11,16,18,21H,(H,23,24). The smallest absolute Gasteiger partial charge is 0.272 e. The topological polar surface area (TPSA) is 70.9 Å². The molecule has 5 heteroatoms. The van der Waals surface area contributed by atoms with Crippen molar-refractivity contribution in [3.05, 3.63) is 94.3 Å². The summed E-state index contributed by atoms with van der Waals surface area (Å²) in [6, 6.07) is 17.9. The highest BCUT2D eigenvalue weighted by atomic mass is 16.3. The molecule has 5 rings (SSSR count). The fourth-order valence-corrected chi connectivity index (χ4v) is 3.74. The summed E-state index contributed by atoms with van der Waals surface area (Å²) in [6.07, 6.45) is 3.41. The van der Waals surface area contributed by atoms with Crippen LogP contribution in [0.4, 0.5) is 5.69 Å². The fourth-order valence-electron chi connectivity index (χ4n) is 3.74. The maximum atomic E-state index is 12.2. The van der Waals surface area contributed by atoms with Gasteiger partial charge in [0.1, 0.15) is 0 Å². The molecule has 1 aliphatic heterocycles. The number of rotatable bonds is 2. The minimum Gasteiger partial charge on any atom is -0.472 e. The highest BCUT2D eigenvalue weighted by Crippen LogP contribution is 2.46. The van der Waals surface area contributed by atoms with Gasteiger partial charge in [-0.2, -0.15) is 5.10 Å². The number of hydrogen-bond acceptors (Lipinski definition) is 4. The molecule has 122 valence electrons. The molecule has 2 N–H and O–H groups in total. The average Bonchev–Trinajstić information content (AvgIpc) is 3.19. The van der Waals surface area contributed by atoms with E-state index in [2.05, 4.69) is 27.6 Å². The molecule has 3 heterocycles. The van der Waals surface area contributed by atoms with Gasteiger partial charge in [0, 0.05) is 16.6 Å². The number of anilines is 1. The van der Waals surface area contributed by atoms with Crippen molar-refractivity contribution in [3.8, 4) is 0 Å². The van der Waals surface area contributed by atoms with Crippen LogP contribution in [-0.4, -0.2) is 10.2 Å². The number of hydrogen-bond donors (Lipinski definition) is 2. The summed E-state index contributed by atoms with van der Waals surface area (Å²) in [5, 5.41) is 12.2. The molecule has 25 heavy (non-hydrogen) atoms. The molecule has 5 nitrogen and oxygen atoms in total. The zero-order valence-electron chi connectivity index (χ0n) is 13.3. The predicted octanol–water partition coefficient (Wildman–Crippen LogP) is 3.81. The van der Waals surface area contributed by atoms with E-state index >= 15 is 0 Å². The molecule has 2 aromatic carbocycles. The molecule has 0 radical (unpaired) electrons. The van der Waals surface area contributed by atoms with Crippen LogP contribution in [0.5, 0.6) is 0 Å². The largest absolute Gasteiger partial charge is 0.472 e. The van der Waals surface area contributed by atoms with Gasteiger partial charge in [0.05, 0.1) is 35.6 Å². The van der Waals surface area contributed by atoms with Crippen LogP contribution in [0.15, 0.2) is 76.3 Å². The summed E-state index contributed by atoms with van der Waals surface area (Å²) >= 11 is 0. The SMILES string of the molecule is O=c1[nH]nc2c3c(cccc13)NC(c1ccccc1)C2c1ccoc1. The third-order valence-corrected chi connectivity index (χ3v) is 4.84. The van der Waals surface area contributed by atoms with Gasteiger partial charge in [-0.15, -0.1) is 0 Å². The van der Waals surface area contributed by atoms with E-state index in [1.807, 2.05) is 42.5 Å². The second-order valence-corrected chi connectivity index (χ2v) is 6.23. The Morgan fingerprint density at radius 3 is 2.64 bits per heavy atom. The van der Waals surface area contributed by atoms with Crippen molar-refractivity contribution in [1.82, 2.24) is 10.2 Å². The van der Waals surface area contributed by atoms with Crippen molar-refractivity contribution < 1.29 is 4.42 Å². The first-order chi connectivity index (χ1) is 12.3. The van der Waals surface area contributed by atoms with E-state index in [-0.39, 0.29) is 17.5 Å². The highest BCUT2D eigenvalue weighted by molar-refractivity contribution is 5.97. The molecule has 2 unspecified atom stereocenters. The monoisotopic (exact) mass is 329 g/mol. The van der Waals surface area contributed by atoms with Gasteiger partial charge < -0.3 is 9.73 Å². The van der Waals surface area contributed by atoms with E-state index in [1.54, 1.807) is 12.5 Å². The minimum absolute atomic E-state index is 0.00435. The maximum absolute atomic E-state index is 12.2. The second kappa shape index (κ2) is 5.34. The van der Waals surface area contributed by atoms with Crippen LogP contribution in [0, 0.1) is 0 Å². The Kier molecular flexibility index (Phi) is 3.00. The molecule has 2 aromatic heterocycles. The molecule has 0 bridgehead atoms. The number of nitrogens with zero attached hydrogens (tertiary/aromatic N) is 1. The highest BCUT2D eigenvalue weighted by Gasteiger charge is 2.35. The number of H-pyrrole nitrogens is 1. The lowest BCUT2D eigenvalue weighted by atomic mass is 9.81. The molecule has 4 aromatic rings. The number of furan rings is 1. The summed E-state index contributed by atoms with van der Waals surface area (Å²) in [5.74, 6) is -0.0598. The molecule has 0 fully saturated rings. The van der Waals surface area contributed by atoms with Gasteiger partial charge >= 0.3 is 0 Å². The van der Waals surface area contributed by atoms with Crippen molar-refractivity contribution in [3.63, 3.8) is 0 Å². The van der Waals surface area contributed by atoms with E-state index in [0.29, 0.717) is 5.39 Å². The third kappa shape index (κ3) is 2.09. The van der Waals surface area contributed by atoms with Crippen LogP contribution in [0.2, 0.25) is 0 Å². The Morgan fingerprint density at radius 2 is 1.84 bits per heavy atom. The summed E-state index contributed by atoms with van der Waals surface area (Å²) < 4.78 is 5.33. The Hall–Kier alpha value is -3.34. The molecule has 2 atom stereocenters. The van der Waals surface area contributed by atoms with Crippen LogP contribution in [0.25, 0.3) is 10.8 Å². The van der Waals surface area contributed by atoms with Crippen molar-refractivity contribution in [2.75, 3.05) is 5.32 Å². The summed E-state index contributed by atoms with van der Waals surface area (Å²) in [5.41, 5.74) is 3.80. The maximum Gasteiger partial charge on any atom is 0.272 e. The quantitative estimate of drug-likeness (QED) is 0.586. The van der Waals surface area contributed by atoms with Crippen LogP contribution < -0.4 is 10.9 Å². The van der Waals surface area contributed by atoms with Crippen LogP contribution in [-0.2, 0) is 0 Å². The number of nitrogens with one attached hydrogen (secondary N) is 2. The molecule has 1 aliphatic rings. The van der Waals surface area contributed by atoms with Crippen LogP contribution in [0.1, 0.15) is 28.8 Å². The van der Waals surface area contributed by atoms with Gasteiger partial charge in [-0.3, -0.25) is 4.79 Å². The first kappa shape index (κ1) is 14.0. The van der Waals surface area contributed by atoms with Crippen molar-refractivity contribution >= 4 is 16.5 Å². The lowest BCUT2D eigenvalue weighted by Gasteiger charge is -2.33. The van der Waals surface area contributed by atoms with E-state index < -0.39 is 0 Å². The molecule has 0 amide bonds. The first-order valence-corrected chi connectivity index (χ1v) is 8.18. The lowest BCUT2D eigenvalue weighted by molar-refractivity contribution is 0.554. The van der Waals surface area contributed by atoms with E-state index in [4.69, 9.17) is 4.42 Å². The fraction of sp³-hybridized carbons (Fsp3) is 0.100. The van der Waals surface area contributed by atoms with Gasteiger partial charge in [0.25, 0.3) is 5.56 Å². The summed E-state index contributed by atoms with van der Waals surface area (Å²) in [6.45, 7) is 0. The van der Waals surface area contributed by atoms with Gasteiger partial charge in [-0.1, -0.05) is 36.4 Å². The van der Waals surface area contributed by atoms with Crippen molar-refractivity contribution in [1.29, 1.82) is 0 Å². The Labute approximate surface area is 143 Å². The molecule has 0 aliphatic carbocycles. The van der Waals surface area contributed by atoms with Gasteiger partial charge in [-0.05, 0) is 23.8 Å². The first-order valence-electron chi connectivity index (χ1n) is 8.18. The molecular weight excluding hydrogens is 314 g/mol. The van der Waals surface area contributed by atoms with E-state index in [1.165, 1.54) is 0 Å². The Balaban J connectivity index is 1.82. The molecule has 0 saturated heterocycles. The average molecular weight is 329 g/mol. The zero-order valence-corrected chi connectivity index (χ0v) is 13.3. The number of benzene rings is 2. The zero-order chi connectivity index (χ0) is 16.8. The van der Waals surface area contributed by atoms with Crippen molar-refractivity contribution in [2.24, 2.45) is 0 Å². The molecular formula is C20H15N3O2. The second-order valence-electron chi connectivity index (χ2n) is 6.23. The molecule has 0 spiro atoms. The van der Waals surface area contributed by atoms with Gasteiger partial charge in [0.2, 0.25) is 0 Å². The van der Waals surface area contributed by atoms with Crippen molar-refractivity contribution in [2.45, 2.75) is 12.0 Å². The van der Waals surface area contributed by atoms with E-state index in [0.717, 1.165) is 27.9 Å². The lowest BCUT2D eigenvalue weighted by Crippen LogP contribution is -2.27. The normalized spacial score (nSPS) is 18.9. The van der Waals surface area contributed by atoms with Gasteiger partial charge in [-0.25, -0.2) is 5.10 Å². The molecule has 0 saturated carbocycles. The Bertz CT molecular complexity index is 1100. The predicted molar refractivity (Wildman–Crippen MR) is 95.7 cm³/mol.